The summed E-state index contributed by atoms with van der Waals surface area (Å²) in [6.07, 6.45) is -1.43. The maximum atomic E-state index is 13.9. The minimum atomic E-state index is -4.77. The molecule has 0 aliphatic rings. The van der Waals surface area contributed by atoms with Gasteiger partial charge in [0.2, 0.25) is 10.0 Å². The zero-order valence-electron chi connectivity index (χ0n) is 17.2. The highest BCUT2D eigenvalue weighted by molar-refractivity contribution is 7.89. The summed E-state index contributed by atoms with van der Waals surface area (Å²) in [4.78, 5) is 11.9. The van der Waals surface area contributed by atoms with Gasteiger partial charge in [-0.05, 0) is 37.3 Å². The van der Waals surface area contributed by atoms with Gasteiger partial charge in [0, 0.05) is 17.8 Å². The fraction of sp³-hybridized carbons (Fsp3) is 0.143. The molecule has 0 saturated carbocycles. The summed E-state index contributed by atoms with van der Waals surface area (Å²) < 4.78 is 80.0. The first kappa shape index (κ1) is 23.3. The van der Waals surface area contributed by atoms with Gasteiger partial charge < -0.3 is 0 Å². The molecular weight excluding hydrogens is 476 g/mol. The number of nitriles is 1. The van der Waals surface area contributed by atoms with Crippen LogP contribution in [0.2, 0.25) is 0 Å². The maximum absolute atomic E-state index is 13.9. The summed E-state index contributed by atoms with van der Waals surface area (Å²) in [6, 6.07) is 8.08. The second kappa shape index (κ2) is 8.47. The van der Waals surface area contributed by atoms with Crippen molar-refractivity contribution in [3.8, 4) is 23.3 Å². The van der Waals surface area contributed by atoms with Crippen LogP contribution in [0.1, 0.15) is 12.5 Å². The van der Waals surface area contributed by atoms with Gasteiger partial charge in [-0.2, -0.15) is 23.2 Å². The minimum absolute atomic E-state index is 0.0135. The van der Waals surface area contributed by atoms with Crippen LogP contribution in [-0.2, 0) is 10.0 Å². The highest BCUT2D eigenvalue weighted by Gasteiger charge is 2.39. The normalized spacial score (nSPS) is 13.1. The molecule has 0 bridgehead atoms. The predicted molar refractivity (Wildman–Crippen MR) is 113 cm³/mol. The van der Waals surface area contributed by atoms with E-state index in [4.69, 9.17) is 0 Å². The third-order valence-electron chi connectivity index (χ3n) is 4.88. The number of aromatic nitrogens is 4. The van der Waals surface area contributed by atoms with E-state index in [2.05, 4.69) is 15.0 Å². The Hall–Kier alpha value is -3.89. The van der Waals surface area contributed by atoms with Gasteiger partial charge in [-0.1, -0.05) is 6.07 Å². The number of fused-ring (bicyclic) bond motifs is 1. The number of halogens is 4. The van der Waals surface area contributed by atoms with E-state index in [9.17, 15) is 31.2 Å². The maximum Gasteiger partial charge on any atom is 0.404 e. The summed E-state index contributed by atoms with van der Waals surface area (Å²) in [5, 5.41) is 10.00. The van der Waals surface area contributed by atoms with E-state index < -0.39 is 33.0 Å². The van der Waals surface area contributed by atoms with Crippen LogP contribution in [0.3, 0.4) is 0 Å². The zero-order chi connectivity index (χ0) is 24.7. The molecule has 0 spiro atoms. The highest BCUT2D eigenvalue weighted by atomic mass is 32.2. The number of hydrogen-bond donors (Lipinski definition) is 1. The monoisotopic (exact) mass is 490 g/mol. The van der Waals surface area contributed by atoms with Crippen LogP contribution in [0.15, 0.2) is 59.9 Å². The van der Waals surface area contributed by atoms with Gasteiger partial charge in [0.1, 0.15) is 34.3 Å². The van der Waals surface area contributed by atoms with Crippen molar-refractivity contribution in [2.24, 2.45) is 0 Å². The molecule has 1 N–H and O–H groups in total. The van der Waals surface area contributed by atoms with Crippen LogP contribution < -0.4 is 4.72 Å². The first-order valence-corrected chi connectivity index (χ1v) is 11.1. The first-order valence-electron chi connectivity index (χ1n) is 9.60. The Labute approximate surface area is 190 Å². The van der Waals surface area contributed by atoms with Crippen molar-refractivity contribution in [2.75, 3.05) is 0 Å². The highest BCUT2D eigenvalue weighted by Crippen LogP contribution is 2.34. The fourth-order valence-electron chi connectivity index (χ4n) is 3.25. The number of rotatable bonds is 5. The van der Waals surface area contributed by atoms with E-state index in [1.807, 2.05) is 6.07 Å². The molecule has 13 heteroatoms. The Morgan fingerprint density at radius 2 is 1.88 bits per heavy atom. The van der Waals surface area contributed by atoms with Crippen LogP contribution >= 0.6 is 0 Å². The van der Waals surface area contributed by atoms with Crippen LogP contribution in [0.4, 0.5) is 17.6 Å². The van der Waals surface area contributed by atoms with Crippen molar-refractivity contribution in [1.29, 1.82) is 5.26 Å². The molecule has 1 atom stereocenters. The van der Waals surface area contributed by atoms with Crippen molar-refractivity contribution in [3.05, 3.63) is 66.4 Å². The van der Waals surface area contributed by atoms with E-state index in [0.29, 0.717) is 12.7 Å². The van der Waals surface area contributed by atoms with E-state index in [-0.39, 0.29) is 28.0 Å². The molecule has 4 rings (SSSR count). The topological polar surface area (TPSA) is 114 Å². The van der Waals surface area contributed by atoms with Gasteiger partial charge in [0.25, 0.3) is 0 Å². The van der Waals surface area contributed by atoms with Crippen molar-refractivity contribution in [2.45, 2.75) is 24.0 Å². The number of hydrogen-bond acceptors (Lipinski definition) is 6. The van der Waals surface area contributed by atoms with E-state index in [1.165, 1.54) is 16.8 Å². The molecule has 34 heavy (non-hydrogen) atoms. The van der Waals surface area contributed by atoms with Crippen LogP contribution in [-0.4, -0.2) is 40.2 Å². The molecule has 0 radical (unpaired) electrons. The van der Waals surface area contributed by atoms with Crippen LogP contribution in [0.5, 0.6) is 0 Å². The summed E-state index contributed by atoms with van der Waals surface area (Å²) >= 11 is 0. The van der Waals surface area contributed by atoms with Crippen molar-refractivity contribution in [1.82, 2.24) is 24.2 Å². The average molecular weight is 490 g/mol. The second-order valence-corrected chi connectivity index (χ2v) is 8.86. The van der Waals surface area contributed by atoms with Gasteiger partial charge >= 0.3 is 6.18 Å². The quantitative estimate of drug-likeness (QED) is 0.427. The van der Waals surface area contributed by atoms with Gasteiger partial charge in [0.05, 0.1) is 23.1 Å². The summed E-state index contributed by atoms with van der Waals surface area (Å²) in [5.74, 6) is -0.338. The van der Waals surface area contributed by atoms with Crippen LogP contribution in [0.25, 0.3) is 28.2 Å². The smallest absolute Gasteiger partial charge is 0.275 e. The lowest BCUT2D eigenvalue weighted by atomic mass is 10.1. The second-order valence-electron chi connectivity index (χ2n) is 7.15. The Morgan fingerprint density at radius 3 is 2.47 bits per heavy atom. The lowest BCUT2D eigenvalue weighted by Crippen LogP contribution is -2.42. The molecule has 4 aromatic heterocycles. The van der Waals surface area contributed by atoms with Crippen molar-refractivity contribution >= 4 is 21.1 Å². The Morgan fingerprint density at radius 1 is 1.12 bits per heavy atom. The lowest BCUT2D eigenvalue weighted by molar-refractivity contribution is -0.147. The van der Waals surface area contributed by atoms with Crippen molar-refractivity contribution < 1.29 is 26.0 Å². The summed E-state index contributed by atoms with van der Waals surface area (Å²) in [5.41, 5.74) is 0.490. The van der Waals surface area contributed by atoms with Gasteiger partial charge in [0.15, 0.2) is 0 Å². The number of nitrogens with one attached hydrogen (secondary N) is 1. The molecule has 4 aromatic rings. The molecule has 0 amide bonds. The number of pyridine rings is 3. The third kappa shape index (κ3) is 4.20. The first-order chi connectivity index (χ1) is 16.0. The third-order valence-corrected chi connectivity index (χ3v) is 6.40. The van der Waals surface area contributed by atoms with Crippen LogP contribution in [0, 0.1) is 17.1 Å². The standard InChI is InChI=1S/C21H14F4N6O2S/c1-12(21(23,24)25)30-34(32,33)14-5-6-17(28-11-14)19-16(9-26)15-8-13(22)10-29-20(15)31(19)18-4-2-3-7-27-18/h2-8,10-12,30H,1H3/t12-/m0/s1. The molecule has 0 aliphatic carbocycles. The largest absolute Gasteiger partial charge is 0.404 e. The molecule has 0 aromatic carbocycles. The Bertz CT molecular complexity index is 1510. The van der Waals surface area contributed by atoms with E-state index >= 15 is 0 Å². The summed E-state index contributed by atoms with van der Waals surface area (Å²) in [7, 11) is -4.53. The molecule has 0 aliphatic heterocycles. The zero-order valence-corrected chi connectivity index (χ0v) is 18.1. The molecule has 0 saturated heterocycles. The number of nitrogens with zero attached hydrogens (tertiary/aromatic N) is 5. The minimum Gasteiger partial charge on any atom is -0.275 e. The lowest BCUT2D eigenvalue weighted by Gasteiger charge is -2.17. The average Bonchev–Trinajstić information content (AvgIpc) is 3.12. The molecule has 8 nitrogen and oxygen atoms in total. The molecular formula is C21H14F4N6O2S. The van der Waals surface area contributed by atoms with E-state index in [0.717, 1.165) is 24.5 Å². The predicted octanol–water partition coefficient (Wildman–Crippen LogP) is 3.72. The molecule has 0 unspecified atom stereocenters. The molecule has 0 fully saturated rings. The van der Waals surface area contributed by atoms with E-state index in [1.54, 1.807) is 22.9 Å². The molecule has 174 valence electrons. The van der Waals surface area contributed by atoms with Gasteiger partial charge in [-0.3, -0.25) is 9.55 Å². The van der Waals surface area contributed by atoms with Gasteiger partial charge in [-0.15, -0.1) is 0 Å². The Kier molecular flexibility index (Phi) is 5.80. The number of alkyl halides is 3. The van der Waals surface area contributed by atoms with Gasteiger partial charge in [-0.25, -0.2) is 22.8 Å². The SMILES string of the molecule is C[C@H](NS(=O)(=O)c1ccc(-c2c(C#N)c3cc(F)cnc3n2-c2ccccn2)nc1)C(F)(F)F. The number of sulfonamides is 1. The summed E-state index contributed by atoms with van der Waals surface area (Å²) in [6.45, 7) is 0.677. The van der Waals surface area contributed by atoms with Crippen molar-refractivity contribution in [3.63, 3.8) is 0 Å². The molecule has 4 heterocycles. The fourth-order valence-corrected chi connectivity index (χ4v) is 4.43. The Balaban J connectivity index is 1.87.